The molecule has 6 heteroatoms. The zero-order chi connectivity index (χ0) is 15.6. The van der Waals surface area contributed by atoms with Gasteiger partial charge < -0.3 is 5.11 Å². The van der Waals surface area contributed by atoms with Crippen LogP contribution >= 0.6 is 0 Å². The van der Waals surface area contributed by atoms with Crippen molar-refractivity contribution in [1.29, 1.82) is 5.26 Å². The van der Waals surface area contributed by atoms with Gasteiger partial charge in [0.1, 0.15) is 11.6 Å². The minimum absolute atomic E-state index is 0.00971. The molecule has 0 spiro atoms. The van der Waals surface area contributed by atoms with Gasteiger partial charge in [-0.15, -0.1) is 5.11 Å². The van der Waals surface area contributed by atoms with E-state index in [1.54, 1.807) is 13.0 Å². The molecule has 2 rings (SSSR count). The lowest BCUT2D eigenvalue weighted by Gasteiger charge is -2.04. The molecule has 0 aliphatic carbocycles. The quantitative estimate of drug-likeness (QED) is 0.826. The maximum absolute atomic E-state index is 11.8. The largest absolute Gasteiger partial charge is 0.494 e. The number of hydrogen-bond acceptors (Lipinski definition) is 5. The van der Waals surface area contributed by atoms with E-state index in [-0.39, 0.29) is 11.3 Å². The van der Waals surface area contributed by atoms with Gasteiger partial charge in [-0.25, -0.2) is 0 Å². The first-order chi connectivity index (χ1) is 9.95. The van der Waals surface area contributed by atoms with E-state index in [0.717, 1.165) is 11.1 Å². The zero-order valence-corrected chi connectivity index (χ0v) is 11.9. The number of azo groups is 1. The maximum atomic E-state index is 11.8. The van der Waals surface area contributed by atoms with Gasteiger partial charge >= 0.3 is 0 Å². The molecule has 21 heavy (non-hydrogen) atoms. The molecule has 0 fully saturated rings. The highest BCUT2D eigenvalue weighted by Crippen LogP contribution is 2.26. The molecule has 0 aliphatic heterocycles. The first-order valence-electron chi connectivity index (χ1n) is 6.29. The van der Waals surface area contributed by atoms with Crippen LogP contribution in [0.2, 0.25) is 0 Å². The molecule has 106 valence electrons. The van der Waals surface area contributed by atoms with Gasteiger partial charge in [-0.2, -0.15) is 10.4 Å². The normalized spacial score (nSPS) is 10.8. The molecule has 0 aliphatic rings. The minimum Gasteiger partial charge on any atom is -0.494 e. The predicted molar refractivity (Wildman–Crippen MR) is 78.3 cm³/mol. The van der Waals surface area contributed by atoms with Crippen LogP contribution in [0.15, 0.2) is 33.2 Å². The second-order valence-electron chi connectivity index (χ2n) is 4.68. The van der Waals surface area contributed by atoms with Gasteiger partial charge in [-0.1, -0.05) is 12.1 Å². The standard InChI is InChI=1S/C15H14N4O2/c1-8-5-4-6-12(9(8)2)18-19-13-10(3)11(7-16)14(20)17-15(13)21/h4-6H,1-3H3,(H2,17,20,21). The van der Waals surface area contributed by atoms with Crippen molar-refractivity contribution in [1.82, 2.24) is 4.98 Å². The Bertz CT molecular complexity index is 829. The van der Waals surface area contributed by atoms with Gasteiger partial charge in [0.15, 0.2) is 5.69 Å². The van der Waals surface area contributed by atoms with Crippen LogP contribution in [0.1, 0.15) is 22.3 Å². The van der Waals surface area contributed by atoms with E-state index < -0.39 is 11.4 Å². The van der Waals surface area contributed by atoms with Crippen molar-refractivity contribution < 1.29 is 5.11 Å². The number of pyridine rings is 1. The molecular weight excluding hydrogens is 268 g/mol. The summed E-state index contributed by atoms with van der Waals surface area (Å²) in [4.78, 5) is 14.0. The molecule has 1 aromatic carbocycles. The Hall–Kier alpha value is -2.94. The molecule has 2 aromatic rings. The van der Waals surface area contributed by atoms with E-state index in [1.807, 2.05) is 32.0 Å². The summed E-state index contributed by atoms with van der Waals surface area (Å²) in [5, 5.41) is 26.5. The Morgan fingerprint density at radius 3 is 2.57 bits per heavy atom. The summed E-state index contributed by atoms with van der Waals surface area (Å²) in [6.07, 6.45) is 0. The number of aromatic hydroxyl groups is 1. The number of aryl methyl sites for hydroxylation is 1. The third-order valence-electron chi connectivity index (χ3n) is 3.36. The van der Waals surface area contributed by atoms with Crippen molar-refractivity contribution >= 4 is 11.4 Å². The topological polar surface area (TPSA) is 102 Å². The van der Waals surface area contributed by atoms with E-state index in [4.69, 9.17) is 5.26 Å². The van der Waals surface area contributed by atoms with E-state index >= 15 is 0 Å². The van der Waals surface area contributed by atoms with Crippen molar-refractivity contribution in [3.63, 3.8) is 0 Å². The zero-order valence-electron chi connectivity index (χ0n) is 11.9. The molecule has 6 nitrogen and oxygen atoms in total. The number of H-pyrrole nitrogens is 1. The number of benzene rings is 1. The summed E-state index contributed by atoms with van der Waals surface area (Å²) in [6.45, 7) is 5.42. The van der Waals surface area contributed by atoms with Gasteiger partial charge in [0.2, 0.25) is 5.88 Å². The van der Waals surface area contributed by atoms with Gasteiger partial charge in [0.25, 0.3) is 5.56 Å². The molecule has 0 saturated carbocycles. The van der Waals surface area contributed by atoms with E-state index in [0.29, 0.717) is 11.3 Å². The molecule has 0 saturated heterocycles. The summed E-state index contributed by atoms with van der Waals surface area (Å²) >= 11 is 0. The number of nitriles is 1. The highest BCUT2D eigenvalue weighted by atomic mass is 16.3. The number of hydrogen-bond donors (Lipinski definition) is 2. The third-order valence-corrected chi connectivity index (χ3v) is 3.36. The highest BCUT2D eigenvalue weighted by molar-refractivity contribution is 5.56. The summed E-state index contributed by atoms with van der Waals surface area (Å²) < 4.78 is 0. The summed E-state index contributed by atoms with van der Waals surface area (Å²) in [7, 11) is 0. The van der Waals surface area contributed by atoms with Crippen LogP contribution in [0, 0.1) is 32.1 Å². The summed E-state index contributed by atoms with van der Waals surface area (Å²) in [5.74, 6) is -0.453. The van der Waals surface area contributed by atoms with Crippen LogP contribution in [0.4, 0.5) is 11.4 Å². The van der Waals surface area contributed by atoms with Crippen molar-refractivity contribution in [2.45, 2.75) is 20.8 Å². The molecule has 0 amide bonds. The van der Waals surface area contributed by atoms with Gasteiger partial charge in [0, 0.05) is 5.56 Å². The molecule has 0 bridgehead atoms. The molecule has 0 atom stereocenters. The Labute approximate surface area is 121 Å². The fourth-order valence-electron chi connectivity index (χ4n) is 1.90. The number of nitrogens with one attached hydrogen (secondary N) is 1. The summed E-state index contributed by atoms with van der Waals surface area (Å²) in [5.41, 5.74) is 2.41. The first-order valence-corrected chi connectivity index (χ1v) is 6.29. The van der Waals surface area contributed by atoms with Gasteiger partial charge in [-0.05, 0) is 38.0 Å². The van der Waals surface area contributed by atoms with E-state index in [9.17, 15) is 9.90 Å². The van der Waals surface area contributed by atoms with Gasteiger partial charge in [0.05, 0.1) is 5.69 Å². The Morgan fingerprint density at radius 1 is 1.19 bits per heavy atom. The Morgan fingerprint density at radius 2 is 1.90 bits per heavy atom. The SMILES string of the molecule is Cc1cccc(N=Nc2c(C)c(C#N)c(O)[nH]c2=O)c1C. The average Bonchev–Trinajstić information content (AvgIpc) is 2.43. The molecule has 0 radical (unpaired) electrons. The van der Waals surface area contributed by atoms with Crippen LogP contribution < -0.4 is 5.56 Å². The summed E-state index contributed by atoms with van der Waals surface area (Å²) in [6, 6.07) is 7.43. The molecular formula is C15H14N4O2. The second kappa shape index (κ2) is 5.59. The van der Waals surface area contributed by atoms with Crippen LogP contribution in [-0.4, -0.2) is 10.1 Å². The Balaban J connectivity index is 2.55. The van der Waals surface area contributed by atoms with Gasteiger partial charge in [-0.3, -0.25) is 9.78 Å². The fraction of sp³-hybridized carbons (Fsp3) is 0.200. The fourth-order valence-corrected chi connectivity index (χ4v) is 1.90. The van der Waals surface area contributed by atoms with Crippen LogP contribution in [0.25, 0.3) is 0 Å². The van der Waals surface area contributed by atoms with Crippen molar-refractivity contribution in [3.8, 4) is 11.9 Å². The van der Waals surface area contributed by atoms with Crippen LogP contribution in [0.3, 0.4) is 0 Å². The van der Waals surface area contributed by atoms with E-state index in [2.05, 4.69) is 15.2 Å². The van der Waals surface area contributed by atoms with E-state index in [1.165, 1.54) is 0 Å². The smallest absolute Gasteiger partial charge is 0.278 e. The number of aromatic nitrogens is 1. The average molecular weight is 282 g/mol. The van der Waals surface area contributed by atoms with Crippen LogP contribution in [-0.2, 0) is 0 Å². The number of aromatic amines is 1. The van der Waals surface area contributed by atoms with Crippen molar-refractivity contribution in [3.05, 3.63) is 50.8 Å². The van der Waals surface area contributed by atoms with Crippen molar-refractivity contribution in [2.24, 2.45) is 10.2 Å². The van der Waals surface area contributed by atoms with Crippen LogP contribution in [0.5, 0.6) is 5.88 Å². The molecule has 1 aromatic heterocycles. The first kappa shape index (κ1) is 14.5. The molecule has 1 heterocycles. The Kier molecular flexibility index (Phi) is 3.85. The third kappa shape index (κ3) is 2.67. The molecule has 2 N–H and O–H groups in total. The number of rotatable bonds is 2. The minimum atomic E-state index is -0.585. The highest BCUT2D eigenvalue weighted by Gasteiger charge is 2.13. The molecule has 0 unspecified atom stereocenters. The number of nitrogens with zero attached hydrogens (tertiary/aromatic N) is 3. The van der Waals surface area contributed by atoms with Crippen molar-refractivity contribution in [2.75, 3.05) is 0 Å². The lowest BCUT2D eigenvalue weighted by Crippen LogP contribution is -2.08. The maximum Gasteiger partial charge on any atom is 0.278 e. The second-order valence-corrected chi connectivity index (χ2v) is 4.68. The lowest BCUT2D eigenvalue weighted by molar-refractivity contribution is 0.449. The lowest BCUT2D eigenvalue weighted by atomic mass is 10.1. The predicted octanol–water partition coefficient (Wildman–Crippen LogP) is 3.29. The monoisotopic (exact) mass is 282 g/mol.